The lowest BCUT2D eigenvalue weighted by Gasteiger charge is -2.05. The summed E-state index contributed by atoms with van der Waals surface area (Å²) in [6.45, 7) is 1.55. The molecule has 2 rings (SSSR count). The van der Waals surface area contributed by atoms with Gasteiger partial charge in [0.2, 0.25) is 0 Å². The summed E-state index contributed by atoms with van der Waals surface area (Å²) >= 11 is 0. The van der Waals surface area contributed by atoms with E-state index in [9.17, 15) is 13.2 Å². The van der Waals surface area contributed by atoms with Gasteiger partial charge in [-0.15, -0.1) is 0 Å². The Hall–Kier alpha value is -1.89. The molecule has 2 aromatic rings. The van der Waals surface area contributed by atoms with Crippen LogP contribution in [0.5, 0.6) is 0 Å². The molecule has 1 N–H and O–H groups in total. The molecule has 7 heteroatoms. The topological polar surface area (TPSA) is 42.7 Å². The van der Waals surface area contributed by atoms with Crippen molar-refractivity contribution in [1.29, 1.82) is 0 Å². The van der Waals surface area contributed by atoms with Crippen LogP contribution >= 0.6 is 0 Å². The van der Waals surface area contributed by atoms with E-state index in [1.165, 1.54) is 10.9 Å². The van der Waals surface area contributed by atoms with Crippen LogP contribution in [0.15, 0.2) is 36.8 Å². The smallest absolute Gasteiger partial charge is 0.311 e. The largest absolute Gasteiger partial charge is 0.435 e. The Morgan fingerprint density at radius 2 is 2.11 bits per heavy atom. The van der Waals surface area contributed by atoms with Crippen LogP contribution in [0.25, 0.3) is 0 Å². The predicted molar refractivity (Wildman–Crippen MR) is 63.2 cm³/mol. The molecule has 102 valence electrons. The van der Waals surface area contributed by atoms with E-state index in [0.29, 0.717) is 19.6 Å². The first-order valence-corrected chi connectivity index (χ1v) is 5.76. The molecule has 0 saturated carbocycles. The molecule has 0 spiro atoms. The summed E-state index contributed by atoms with van der Waals surface area (Å²) in [7, 11) is 0. The molecule has 0 aliphatic rings. The highest BCUT2D eigenvalue weighted by molar-refractivity contribution is 5.07. The van der Waals surface area contributed by atoms with Crippen LogP contribution in [0.4, 0.5) is 13.2 Å². The third kappa shape index (κ3) is 4.06. The van der Waals surface area contributed by atoms with Crippen LogP contribution in [0.2, 0.25) is 0 Å². The van der Waals surface area contributed by atoms with Gasteiger partial charge in [0.25, 0.3) is 0 Å². The maximum Gasteiger partial charge on any atom is 0.435 e. The molecular weight excluding hydrogens is 257 g/mol. The summed E-state index contributed by atoms with van der Waals surface area (Å²) < 4.78 is 38.2. The number of pyridine rings is 1. The molecule has 4 nitrogen and oxygen atoms in total. The highest BCUT2D eigenvalue weighted by Crippen LogP contribution is 2.27. The van der Waals surface area contributed by atoms with Gasteiger partial charge in [0.1, 0.15) is 0 Å². The quantitative estimate of drug-likeness (QED) is 0.846. The van der Waals surface area contributed by atoms with Crippen LogP contribution in [-0.4, -0.2) is 21.3 Å². The lowest BCUT2D eigenvalue weighted by Crippen LogP contribution is -2.20. The van der Waals surface area contributed by atoms with Crippen LogP contribution in [0.3, 0.4) is 0 Å². The molecule has 2 aromatic heterocycles. The number of halogens is 3. The third-order valence-corrected chi connectivity index (χ3v) is 2.50. The summed E-state index contributed by atoms with van der Waals surface area (Å²) in [6, 6.07) is 4.73. The van der Waals surface area contributed by atoms with Gasteiger partial charge < -0.3 is 5.32 Å². The SMILES string of the molecule is FC(F)(F)c1ccn(CCNCc2cccnc2)n1. The minimum absolute atomic E-state index is 0.385. The summed E-state index contributed by atoms with van der Waals surface area (Å²) in [5.41, 5.74) is 0.165. The Kier molecular flexibility index (Phi) is 4.16. The fourth-order valence-corrected chi connectivity index (χ4v) is 1.57. The zero-order chi connectivity index (χ0) is 13.7. The fraction of sp³-hybridized carbons (Fsp3) is 0.333. The molecule has 0 aliphatic carbocycles. The van der Waals surface area contributed by atoms with E-state index in [4.69, 9.17) is 0 Å². The van der Waals surface area contributed by atoms with Crippen molar-refractivity contribution in [3.63, 3.8) is 0 Å². The Morgan fingerprint density at radius 1 is 1.26 bits per heavy atom. The molecule has 0 aliphatic heterocycles. The number of nitrogens with zero attached hydrogens (tertiary/aromatic N) is 3. The minimum atomic E-state index is -4.38. The minimum Gasteiger partial charge on any atom is -0.311 e. The van der Waals surface area contributed by atoms with E-state index >= 15 is 0 Å². The highest BCUT2D eigenvalue weighted by Gasteiger charge is 2.33. The van der Waals surface area contributed by atoms with Crippen LogP contribution in [0, 0.1) is 0 Å². The van der Waals surface area contributed by atoms with Gasteiger partial charge in [-0.05, 0) is 17.7 Å². The highest BCUT2D eigenvalue weighted by atomic mass is 19.4. The molecule has 0 unspecified atom stereocenters. The van der Waals surface area contributed by atoms with Gasteiger partial charge >= 0.3 is 6.18 Å². The standard InChI is InChI=1S/C12H13F3N4/c13-12(14,15)11-3-6-19(18-11)7-5-17-9-10-2-1-4-16-8-10/h1-4,6,8,17H,5,7,9H2. The molecule has 0 atom stereocenters. The summed E-state index contributed by atoms with van der Waals surface area (Å²) in [5.74, 6) is 0. The van der Waals surface area contributed by atoms with Gasteiger partial charge in [-0.25, -0.2) is 0 Å². The number of hydrogen-bond acceptors (Lipinski definition) is 3. The number of aromatic nitrogens is 3. The van der Waals surface area contributed by atoms with Crippen molar-refractivity contribution in [2.45, 2.75) is 19.3 Å². The summed E-state index contributed by atoms with van der Waals surface area (Å²) in [5, 5.41) is 6.58. The lowest BCUT2D eigenvalue weighted by atomic mass is 10.3. The fourth-order valence-electron chi connectivity index (χ4n) is 1.57. The lowest BCUT2D eigenvalue weighted by molar-refractivity contribution is -0.141. The number of hydrogen-bond donors (Lipinski definition) is 1. The zero-order valence-corrected chi connectivity index (χ0v) is 10.1. The second-order valence-corrected chi connectivity index (χ2v) is 4.00. The van der Waals surface area contributed by atoms with Crippen molar-refractivity contribution in [3.8, 4) is 0 Å². The molecule has 19 heavy (non-hydrogen) atoms. The number of nitrogens with one attached hydrogen (secondary N) is 1. The zero-order valence-electron chi connectivity index (χ0n) is 10.1. The normalized spacial score (nSPS) is 11.7. The Morgan fingerprint density at radius 3 is 2.74 bits per heavy atom. The maximum atomic E-state index is 12.3. The Labute approximate surface area is 108 Å². The van der Waals surface area contributed by atoms with Gasteiger partial charge in [0.15, 0.2) is 5.69 Å². The number of rotatable bonds is 5. The van der Waals surface area contributed by atoms with Crippen molar-refractivity contribution >= 4 is 0 Å². The Balaban J connectivity index is 1.76. The van der Waals surface area contributed by atoms with Gasteiger partial charge in [0.05, 0.1) is 6.54 Å². The van der Waals surface area contributed by atoms with E-state index in [1.54, 1.807) is 12.4 Å². The molecule has 2 heterocycles. The van der Waals surface area contributed by atoms with Crippen LogP contribution < -0.4 is 5.32 Å². The molecule has 0 aromatic carbocycles. The van der Waals surface area contributed by atoms with Crippen LogP contribution in [-0.2, 0) is 19.3 Å². The van der Waals surface area contributed by atoms with E-state index in [0.717, 1.165) is 11.6 Å². The first-order valence-electron chi connectivity index (χ1n) is 5.76. The average molecular weight is 270 g/mol. The van der Waals surface area contributed by atoms with E-state index in [-0.39, 0.29) is 0 Å². The Bertz CT molecular complexity index is 507. The van der Waals surface area contributed by atoms with E-state index in [1.807, 2.05) is 12.1 Å². The molecule has 0 saturated heterocycles. The van der Waals surface area contributed by atoms with Crippen molar-refractivity contribution in [3.05, 3.63) is 48.0 Å². The third-order valence-electron chi connectivity index (χ3n) is 2.50. The van der Waals surface area contributed by atoms with Crippen LogP contribution in [0.1, 0.15) is 11.3 Å². The predicted octanol–water partition coefficient (Wildman–Crippen LogP) is 2.09. The molecular formula is C12H13F3N4. The maximum absolute atomic E-state index is 12.3. The first kappa shape index (κ1) is 13.5. The monoisotopic (exact) mass is 270 g/mol. The van der Waals surface area contributed by atoms with Crippen molar-refractivity contribution in [1.82, 2.24) is 20.1 Å². The van der Waals surface area contributed by atoms with Crippen molar-refractivity contribution < 1.29 is 13.2 Å². The molecule has 0 bridgehead atoms. The van der Waals surface area contributed by atoms with E-state index in [2.05, 4.69) is 15.4 Å². The summed E-state index contributed by atoms with van der Waals surface area (Å²) in [6.07, 6.45) is 0.373. The average Bonchev–Trinajstić information content (AvgIpc) is 2.85. The van der Waals surface area contributed by atoms with Gasteiger partial charge in [-0.1, -0.05) is 6.07 Å². The van der Waals surface area contributed by atoms with Gasteiger partial charge in [-0.2, -0.15) is 18.3 Å². The molecule has 0 amide bonds. The van der Waals surface area contributed by atoms with Gasteiger partial charge in [0, 0.05) is 31.7 Å². The van der Waals surface area contributed by atoms with Crippen molar-refractivity contribution in [2.24, 2.45) is 0 Å². The second kappa shape index (κ2) is 5.83. The second-order valence-electron chi connectivity index (χ2n) is 4.00. The van der Waals surface area contributed by atoms with E-state index < -0.39 is 11.9 Å². The van der Waals surface area contributed by atoms with Crippen molar-refractivity contribution in [2.75, 3.05) is 6.54 Å². The first-order chi connectivity index (χ1) is 9.05. The molecule has 0 fully saturated rings. The molecule has 0 radical (unpaired) electrons. The number of alkyl halides is 3. The van der Waals surface area contributed by atoms with Gasteiger partial charge in [-0.3, -0.25) is 9.67 Å². The summed E-state index contributed by atoms with van der Waals surface area (Å²) in [4.78, 5) is 3.97.